The highest BCUT2D eigenvalue weighted by Crippen LogP contribution is 2.12. The molecule has 0 amide bonds. The normalized spacial score (nSPS) is 10.2. The van der Waals surface area contributed by atoms with E-state index >= 15 is 0 Å². The molecule has 0 bridgehead atoms. The fraction of sp³-hybridized carbons (Fsp3) is 0.0833. The number of hydrogen-bond donors (Lipinski definition) is 1. The highest BCUT2D eigenvalue weighted by molar-refractivity contribution is 6.29. The molecule has 17 heavy (non-hydrogen) atoms. The van der Waals surface area contributed by atoms with Crippen LogP contribution in [0.3, 0.4) is 0 Å². The number of hydrogen-bond acceptors (Lipinski definition) is 4. The van der Waals surface area contributed by atoms with Crippen molar-refractivity contribution in [3.63, 3.8) is 0 Å². The number of carbonyl (C=O) groups is 1. The summed E-state index contributed by atoms with van der Waals surface area (Å²) in [6.07, 6.45) is 3.26. The molecule has 86 valence electrons. The topological polar surface area (TPSA) is 68.9 Å². The number of pyridine rings is 2. The van der Waals surface area contributed by atoms with Gasteiger partial charge in [0.2, 0.25) is 0 Å². The van der Waals surface area contributed by atoms with Crippen molar-refractivity contribution in [2.45, 2.75) is 6.42 Å². The number of nitrogens with zero attached hydrogens (tertiary/aromatic N) is 2. The zero-order valence-corrected chi connectivity index (χ0v) is 9.69. The molecule has 0 saturated heterocycles. The SMILES string of the molecule is Nc1ncccc1CC(=O)c1ccc(Cl)nc1. The largest absolute Gasteiger partial charge is 0.383 e. The van der Waals surface area contributed by atoms with E-state index in [4.69, 9.17) is 17.3 Å². The highest BCUT2D eigenvalue weighted by atomic mass is 35.5. The van der Waals surface area contributed by atoms with Crippen molar-refractivity contribution in [3.05, 3.63) is 52.9 Å². The summed E-state index contributed by atoms with van der Waals surface area (Å²) in [5, 5.41) is 0.363. The molecule has 0 unspecified atom stereocenters. The van der Waals surface area contributed by atoms with Gasteiger partial charge in [0.25, 0.3) is 0 Å². The van der Waals surface area contributed by atoms with Crippen LogP contribution in [0.4, 0.5) is 5.82 Å². The maximum atomic E-state index is 11.9. The molecule has 0 aliphatic carbocycles. The molecule has 2 rings (SSSR count). The Labute approximate surface area is 103 Å². The molecule has 0 atom stereocenters. The van der Waals surface area contributed by atoms with Crippen molar-refractivity contribution >= 4 is 23.2 Å². The average molecular weight is 248 g/mol. The van der Waals surface area contributed by atoms with Gasteiger partial charge in [0.15, 0.2) is 5.78 Å². The lowest BCUT2D eigenvalue weighted by molar-refractivity contribution is 0.0992. The summed E-state index contributed by atoms with van der Waals surface area (Å²) in [7, 11) is 0. The first-order valence-electron chi connectivity index (χ1n) is 5.01. The quantitative estimate of drug-likeness (QED) is 0.666. The molecule has 0 aliphatic rings. The molecule has 2 aromatic heterocycles. The average Bonchev–Trinajstić information content (AvgIpc) is 2.33. The van der Waals surface area contributed by atoms with E-state index in [2.05, 4.69) is 9.97 Å². The van der Waals surface area contributed by atoms with Crippen molar-refractivity contribution < 1.29 is 4.79 Å². The first-order chi connectivity index (χ1) is 8.16. The van der Waals surface area contributed by atoms with Gasteiger partial charge in [-0.1, -0.05) is 17.7 Å². The number of carbonyl (C=O) groups excluding carboxylic acids is 1. The molecule has 2 aromatic rings. The number of aromatic nitrogens is 2. The van der Waals surface area contributed by atoms with E-state index in [-0.39, 0.29) is 12.2 Å². The Morgan fingerprint density at radius 3 is 2.76 bits per heavy atom. The van der Waals surface area contributed by atoms with Crippen molar-refractivity contribution in [1.82, 2.24) is 9.97 Å². The molecule has 0 aromatic carbocycles. The van der Waals surface area contributed by atoms with Gasteiger partial charge in [-0.3, -0.25) is 4.79 Å². The molecule has 0 saturated carbocycles. The Morgan fingerprint density at radius 1 is 1.29 bits per heavy atom. The lowest BCUT2D eigenvalue weighted by atomic mass is 10.1. The van der Waals surface area contributed by atoms with E-state index in [0.29, 0.717) is 22.1 Å². The summed E-state index contributed by atoms with van der Waals surface area (Å²) in [4.78, 5) is 19.7. The monoisotopic (exact) mass is 247 g/mol. The second-order valence-corrected chi connectivity index (χ2v) is 3.90. The van der Waals surface area contributed by atoms with Gasteiger partial charge in [-0.05, 0) is 18.2 Å². The Balaban J connectivity index is 2.17. The second kappa shape index (κ2) is 4.93. The number of ketones is 1. The van der Waals surface area contributed by atoms with Crippen LogP contribution in [0.15, 0.2) is 36.7 Å². The molecule has 4 nitrogen and oxygen atoms in total. The minimum atomic E-state index is -0.0612. The van der Waals surface area contributed by atoms with E-state index in [9.17, 15) is 4.79 Å². The molecule has 5 heteroatoms. The van der Waals surface area contributed by atoms with Crippen LogP contribution in [-0.2, 0) is 6.42 Å². The van der Waals surface area contributed by atoms with Crippen LogP contribution in [0.25, 0.3) is 0 Å². The van der Waals surface area contributed by atoms with E-state index < -0.39 is 0 Å². The minimum Gasteiger partial charge on any atom is -0.383 e. The molecular formula is C12H10ClN3O. The molecule has 0 fully saturated rings. The van der Waals surface area contributed by atoms with Crippen molar-refractivity contribution in [3.8, 4) is 0 Å². The number of nitrogen functional groups attached to an aromatic ring is 1. The highest BCUT2D eigenvalue weighted by Gasteiger charge is 2.09. The smallest absolute Gasteiger partial charge is 0.168 e. The van der Waals surface area contributed by atoms with Gasteiger partial charge in [-0.2, -0.15) is 0 Å². The summed E-state index contributed by atoms with van der Waals surface area (Å²) in [5.74, 6) is 0.316. The number of anilines is 1. The molecule has 0 spiro atoms. The van der Waals surface area contributed by atoms with Gasteiger partial charge in [0.1, 0.15) is 11.0 Å². The van der Waals surface area contributed by atoms with E-state index in [0.717, 1.165) is 0 Å². The predicted octanol–water partition coefficient (Wildman–Crippen LogP) is 2.14. The summed E-state index contributed by atoms with van der Waals surface area (Å²) in [6, 6.07) is 6.76. The number of halogens is 1. The third kappa shape index (κ3) is 2.79. The van der Waals surface area contributed by atoms with Gasteiger partial charge in [0, 0.05) is 29.9 Å². The molecular weight excluding hydrogens is 238 g/mol. The van der Waals surface area contributed by atoms with Gasteiger partial charge in [-0.15, -0.1) is 0 Å². The summed E-state index contributed by atoms with van der Waals surface area (Å²) in [6.45, 7) is 0. The molecule has 2 N–H and O–H groups in total. The number of nitrogens with two attached hydrogens (primary N) is 1. The number of Topliss-reactive ketones (excluding diaryl/α,β-unsaturated/α-hetero) is 1. The minimum absolute atomic E-state index is 0.0612. The van der Waals surface area contributed by atoms with E-state index in [1.807, 2.05) is 0 Å². The number of rotatable bonds is 3. The van der Waals surface area contributed by atoms with E-state index in [1.54, 1.807) is 30.5 Å². The Kier molecular flexibility index (Phi) is 3.35. The maximum absolute atomic E-state index is 11.9. The second-order valence-electron chi connectivity index (χ2n) is 3.52. The van der Waals surface area contributed by atoms with Crippen molar-refractivity contribution in [2.75, 3.05) is 5.73 Å². The Hall–Kier alpha value is -1.94. The zero-order chi connectivity index (χ0) is 12.3. The standard InChI is InChI=1S/C12H10ClN3O/c13-11-4-3-9(7-16-11)10(17)6-8-2-1-5-15-12(8)14/h1-5,7H,6H2,(H2,14,15). The van der Waals surface area contributed by atoms with E-state index in [1.165, 1.54) is 6.20 Å². The van der Waals surface area contributed by atoms with Crippen LogP contribution in [0, 0.1) is 0 Å². The first kappa shape index (κ1) is 11.5. The van der Waals surface area contributed by atoms with Crippen LogP contribution < -0.4 is 5.73 Å². The van der Waals surface area contributed by atoms with Crippen molar-refractivity contribution in [1.29, 1.82) is 0 Å². The van der Waals surface area contributed by atoms with Gasteiger partial charge < -0.3 is 5.73 Å². The zero-order valence-electron chi connectivity index (χ0n) is 8.93. The van der Waals surface area contributed by atoms with Crippen LogP contribution in [0.5, 0.6) is 0 Å². The van der Waals surface area contributed by atoms with Crippen molar-refractivity contribution in [2.24, 2.45) is 0 Å². The third-order valence-electron chi connectivity index (χ3n) is 2.33. The first-order valence-corrected chi connectivity index (χ1v) is 5.39. The summed E-state index contributed by atoms with van der Waals surface area (Å²) < 4.78 is 0. The fourth-order valence-corrected chi connectivity index (χ4v) is 1.53. The van der Waals surface area contributed by atoms with Gasteiger partial charge in [-0.25, -0.2) is 9.97 Å². The lowest BCUT2D eigenvalue weighted by Crippen LogP contribution is -2.07. The van der Waals surface area contributed by atoms with Crippen LogP contribution >= 0.6 is 11.6 Å². The summed E-state index contributed by atoms with van der Waals surface area (Å²) in [5.41, 5.74) is 6.90. The molecule has 0 radical (unpaired) electrons. The van der Waals surface area contributed by atoms with Crippen LogP contribution in [0.2, 0.25) is 5.15 Å². The fourth-order valence-electron chi connectivity index (χ4n) is 1.42. The van der Waals surface area contributed by atoms with Gasteiger partial charge in [0.05, 0.1) is 0 Å². The summed E-state index contributed by atoms with van der Waals surface area (Å²) >= 11 is 5.65. The lowest BCUT2D eigenvalue weighted by Gasteiger charge is -2.03. The molecule has 2 heterocycles. The Bertz CT molecular complexity index is 540. The van der Waals surface area contributed by atoms with Crippen LogP contribution in [0.1, 0.15) is 15.9 Å². The predicted molar refractivity (Wildman–Crippen MR) is 65.9 cm³/mol. The molecule has 0 aliphatic heterocycles. The van der Waals surface area contributed by atoms with Crippen LogP contribution in [-0.4, -0.2) is 15.8 Å². The Morgan fingerprint density at radius 2 is 2.12 bits per heavy atom. The van der Waals surface area contributed by atoms with Gasteiger partial charge >= 0.3 is 0 Å². The third-order valence-corrected chi connectivity index (χ3v) is 2.55. The maximum Gasteiger partial charge on any atom is 0.168 e.